The first kappa shape index (κ1) is 15.7. The number of amides is 1. The minimum Gasteiger partial charge on any atom is -0.369 e. The van der Waals surface area contributed by atoms with Crippen molar-refractivity contribution < 1.29 is 13.2 Å². The van der Waals surface area contributed by atoms with Gasteiger partial charge >= 0.3 is 0 Å². The molecule has 2 N–H and O–H groups in total. The van der Waals surface area contributed by atoms with Gasteiger partial charge in [0.15, 0.2) is 0 Å². The average Bonchev–Trinajstić information content (AvgIpc) is 2.89. The maximum Gasteiger partial charge on any atom is 0.282 e. The molecule has 0 unspecified atom stereocenters. The van der Waals surface area contributed by atoms with Crippen molar-refractivity contribution in [1.29, 1.82) is 0 Å². The van der Waals surface area contributed by atoms with Crippen LogP contribution in [0.15, 0.2) is 0 Å². The van der Waals surface area contributed by atoms with Crippen LogP contribution in [0.2, 0.25) is 0 Å². The third-order valence-electron chi connectivity index (χ3n) is 4.29. The molecule has 1 saturated carbocycles. The highest BCUT2D eigenvalue weighted by Gasteiger charge is 2.38. The Hall–Kier alpha value is -0.660. The van der Waals surface area contributed by atoms with Gasteiger partial charge in [0.25, 0.3) is 10.2 Å². The van der Waals surface area contributed by atoms with E-state index in [0.717, 1.165) is 38.5 Å². The molecule has 20 heavy (non-hydrogen) atoms. The number of nitrogens with zero attached hydrogens (tertiary/aromatic N) is 2. The Bertz CT molecular complexity index is 446. The maximum atomic E-state index is 12.8. The van der Waals surface area contributed by atoms with Gasteiger partial charge in [0.1, 0.15) is 0 Å². The summed E-state index contributed by atoms with van der Waals surface area (Å²) in [7, 11) is -3.57. The molecule has 1 saturated heterocycles. The van der Waals surface area contributed by atoms with E-state index in [1.165, 1.54) is 8.61 Å². The lowest BCUT2D eigenvalue weighted by atomic mass is 10.0. The zero-order valence-corrected chi connectivity index (χ0v) is 12.9. The summed E-state index contributed by atoms with van der Waals surface area (Å²) in [6.45, 7) is 2.96. The Morgan fingerprint density at radius 3 is 2.45 bits per heavy atom. The van der Waals surface area contributed by atoms with Crippen molar-refractivity contribution in [2.45, 2.75) is 51.5 Å². The van der Waals surface area contributed by atoms with E-state index in [2.05, 4.69) is 6.92 Å². The summed E-state index contributed by atoms with van der Waals surface area (Å²) in [6.07, 6.45) is 5.64. The predicted molar refractivity (Wildman–Crippen MR) is 77.0 cm³/mol. The molecule has 0 radical (unpaired) electrons. The van der Waals surface area contributed by atoms with Crippen LogP contribution in [-0.4, -0.2) is 48.6 Å². The quantitative estimate of drug-likeness (QED) is 0.811. The molecule has 1 amide bonds. The first-order chi connectivity index (χ1) is 9.41. The van der Waals surface area contributed by atoms with Gasteiger partial charge in [0.05, 0.1) is 6.54 Å². The van der Waals surface area contributed by atoms with Gasteiger partial charge in [-0.3, -0.25) is 4.79 Å². The molecule has 7 heteroatoms. The molecule has 1 aliphatic heterocycles. The average molecular weight is 303 g/mol. The second-order valence-corrected chi connectivity index (χ2v) is 7.94. The molecule has 1 atom stereocenters. The van der Waals surface area contributed by atoms with Crippen LogP contribution >= 0.6 is 0 Å². The summed E-state index contributed by atoms with van der Waals surface area (Å²) < 4.78 is 28.5. The summed E-state index contributed by atoms with van der Waals surface area (Å²) >= 11 is 0. The lowest BCUT2D eigenvalue weighted by Crippen LogP contribution is -2.52. The van der Waals surface area contributed by atoms with Crippen molar-refractivity contribution in [2.24, 2.45) is 11.7 Å². The molecule has 116 valence electrons. The standard InChI is InChI=1S/C13H25N3O3S/c1-11-5-4-8-15(9-11)20(18,19)16(10-13(14)17)12-6-2-3-7-12/h11-12H,2-10H2,1H3,(H2,14,17)/t11-/m0/s1. The molecule has 0 bridgehead atoms. The van der Waals surface area contributed by atoms with Gasteiger partial charge in [-0.15, -0.1) is 0 Å². The smallest absolute Gasteiger partial charge is 0.282 e. The number of hydrogen-bond donors (Lipinski definition) is 1. The van der Waals surface area contributed by atoms with Crippen molar-refractivity contribution in [3.63, 3.8) is 0 Å². The molecular weight excluding hydrogens is 278 g/mol. The van der Waals surface area contributed by atoms with Crippen molar-refractivity contribution in [2.75, 3.05) is 19.6 Å². The van der Waals surface area contributed by atoms with Crippen LogP contribution in [0.3, 0.4) is 0 Å². The molecule has 2 aliphatic rings. The number of carbonyl (C=O) groups excluding carboxylic acids is 1. The molecule has 0 spiro atoms. The van der Waals surface area contributed by atoms with Gasteiger partial charge in [-0.2, -0.15) is 17.0 Å². The first-order valence-electron chi connectivity index (χ1n) is 7.46. The molecule has 6 nitrogen and oxygen atoms in total. The Labute approximate surface area is 121 Å². The van der Waals surface area contributed by atoms with Crippen molar-refractivity contribution in [3.8, 4) is 0 Å². The number of carbonyl (C=O) groups is 1. The third kappa shape index (κ3) is 3.51. The Kier molecular flexibility index (Phi) is 5.04. The van der Waals surface area contributed by atoms with E-state index in [4.69, 9.17) is 5.73 Å². The van der Waals surface area contributed by atoms with Gasteiger partial charge < -0.3 is 5.73 Å². The largest absolute Gasteiger partial charge is 0.369 e. The first-order valence-corrected chi connectivity index (χ1v) is 8.86. The van der Waals surface area contributed by atoms with E-state index in [0.29, 0.717) is 19.0 Å². The number of hydrogen-bond acceptors (Lipinski definition) is 3. The number of rotatable bonds is 5. The van der Waals surface area contributed by atoms with Gasteiger partial charge in [-0.05, 0) is 31.6 Å². The minimum absolute atomic E-state index is 0.0651. The highest BCUT2D eigenvalue weighted by atomic mass is 32.2. The summed E-state index contributed by atoms with van der Waals surface area (Å²) in [6, 6.07) is -0.0651. The fourth-order valence-electron chi connectivity index (χ4n) is 3.25. The lowest BCUT2D eigenvalue weighted by molar-refractivity contribution is -0.118. The van der Waals surface area contributed by atoms with Crippen molar-refractivity contribution in [3.05, 3.63) is 0 Å². The summed E-state index contributed by atoms with van der Waals surface area (Å²) in [5.74, 6) is -0.205. The number of piperidine rings is 1. The summed E-state index contributed by atoms with van der Waals surface area (Å²) in [5.41, 5.74) is 5.25. The molecular formula is C13H25N3O3S. The highest BCUT2D eigenvalue weighted by molar-refractivity contribution is 7.86. The van der Waals surface area contributed by atoms with Gasteiger partial charge in [-0.1, -0.05) is 19.8 Å². The highest BCUT2D eigenvalue weighted by Crippen LogP contribution is 2.28. The Morgan fingerprint density at radius 1 is 1.25 bits per heavy atom. The number of nitrogens with two attached hydrogens (primary N) is 1. The van der Waals surface area contributed by atoms with Crippen molar-refractivity contribution >= 4 is 16.1 Å². The monoisotopic (exact) mass is 303 g/mol. The Balaban J connectivity index is 2.18. The van der Waals surface area contributed by atoms with Gasteiger partial charge in [-0.25, -0.2) is 0 Å². The molecule has 2 fully saturated rings. The second-order valence-electron chi connectivity index (χ2n) is 6.06. The van der Waals surface area contributed by atoms with E-state index in [-0.39, 0.29) is 12.6 Å². The fourth-order valence-corrected chi connectivity index (χ4v) is 5.23. The second kappa shape index (κ2) is 6.41. The molecule has 0 aromatic heterocycles. The molecule has 2 rings (SSSR count). The van der Waals surface area contributed by atoms with Crippen LogP contribution in [0.4, 0.5) is 0 Å². The van der Waals surface area contributed by atoms with Crippen LogP contribution < -0.4 is 5.73 Å². The summed E-state index contributed by atoms with van der Waals surface area (Å²) in [4.78, 5) is 11.3. The summed E-state index contributed by atoms with van der Waals surface area (Å²) in [5, 5.41) is 0. The predicted octanol–water partition coefficient (Wildman–Crippen LogP) is 0.693. The normalized spacial score (nSPS) is 26.2. The molecule has 0 aromatic carbocycles. The van der Waals surface area contributed by atoms with E-state index in [1.54, 1.807) is 0 Å². The van der Waals surface area contributed by atoms with Crippen LogP contribution in [0, 0.1) is 5.92 Å². The van der Waals surface area contributed by atoms with E-state index < -0.39 is 16.1 Å². The molecule has 0 aromatic rings. The molecule has 1 aliphatic carbocycles. The van der Waals surface area contributed by atoms with Crippen molar-refractivity contribution in [1.82, 2.24) is 8.61 Å². The van der Waals surface area contributed by atoms with E-state index >= 15 is 0 Å². The number of primary amides is 1. The zero-order valence-electron chi connectivity index (χ0n) is 12.1. The SMILES string of the molecule is C[C@H]1CCCN(S(=O)(=O)N(CC(N)=O)C2CCCC2)C1. The van der Waals surface area contributed by atoms with Crippen LogP contribution in [0.25, 0.3) is 0 Å². The lowest BCUT2D eigenvalue weighted by Gasteiger charge is -2.36. The molecule has 1 heterocycles. The Morgan fingerprint density at radius 2 is 1.90 bits per heavy atom. The topological polar surface area (TPSA) is 83.7 Å². The zero-order chi connectivity index (χ0) is 14.8. The van der Waals surface area contributed by atoms with Gasteiger partial charge in [0, 0.05) is 19.1 Å². The third-order valence-corrected chi connectivity index (χ3v) is 6.29. The van der Waals surface area contributed by atoms with E-state index in [1.807, 2.05) is 0 Å². The van der Waals surface area contributed by atoms with E-state index in [9.17, 15) is 13.2 Å². The minimum atomic E-state index is -3.57. The van der Waals surface area contributed by atoms with Crippen LogP contribution in [0.1, 0.15) is 45.4 Å². The fraction of sp³-hybridized carbons (Fsp3) is 0.923. The van der Waals surface area contributed by atoms with Gasteiger partial charge in [0.2, 0.25) is 5.91 Å². The maximum absolute atomic E-state index is 12.8. The van der Waals surface area contributed by atoms with Crippen LogP contribution in [0.5, 0.6) is 0 Å². The van der Waals surface area contributed by atoms with Crippen LogP contribution in [-0.2, 0) is 15.0 Å².